The summed E-state index contributed by atoms with van der Waals surface area (Å²) in [5.74, 6) is 0.0496. The van der Waals surface area contributed by atoms with Gasteiger partial charge >= 0.3 is 0 Å². The monoisotopic (exact) mass is 217 g/mol. The van der Waals surface area contributed by atoms with Crippen LogP contribution in [0.1, 0.15) is 23.2 Å². The lowest BCUT2D eigenvalue weighted by Crippen LogP contribution is -2.40. The summed E-state index contributed by atoms with van der Waals surface area (Å²) in [6.07, 6.45) is 2.79. The van der Waals surface area contributed by atoms with Crippen LogP contribution in [-0.4, -0.2) is 30.2 Å². The molecule has 0 aliphatic carbocycles. The molecular formula is C13H15NO2. The first-order valence-electron chi connectivity index (χ1n) is 5.61. The van der Waals surface area contributed by atoms with Crippen molar-refractivity contribution in [2.75, 3.05) is 13.1 Å². The molecule has 0 radical (unpaired) electrons. The number of hydrogen-bond donors (Lipinski definition) is 0. The maximum Gasteiger partial charge on any atom is 0.253 e. The first-order chi connectivity index (χ1) is 7.81. The van der Waals surface area contributed by atoms with E-state index in [1.54, 1.807) is 4.90 Å². The number of rotatable bonds is 2. The molecule has 0 bridgehead atoms. The molecular weight excluding hydrogens is 202 g/mol. The molecule has 0 spiro atoms. The van der Waals surface area contributed by atoms with Gasteiger partial charge in [0, 0.05) is 24.6 Å². The van der Waals surface area contributed by atoms with Crippen molar-refractivity contribution in [2.24, 2.45) is 5.92 Å². The Morgan fingerprint density at radius 1 is 1.31 bits per heavy atom. The molecule has 1 aromatic rings. The van der Waals surface area contributed by atoms with Gasteiger partial charge in [-0.15, -0.1) is 0 Å². The van der Waals surface area contributed by atoms with Crippen LogP contribution >= 0.6 is 0 Å². The molecule has 0 saturated carbocycles. The minimum absolute atomic E-state index is 0.0152. The van der Waals surface area contributed by atoms with Crippen LogP contribution in [0.25, 0.3) is 0 Å². The Morgan fingerprint density at radius 2 is 2.06 bits per heavy atom. The zero-order valence-electron chi connectivity index (χ0n) is 9.13. The van der Waals surface area contributed by atoms with Crippen LogP contribution in [0.3, 0.4) is 0 Å². The Labute approximate surface area is 95.1 Å². The Hall–Kier alpha value is -1.64. The fourth-order valence-corrected chi connectivity index (χ4v) is 2.07. The van der Waals surface area contributed by atoms with E-state index in [9.17, 15) is 9.59 Å². The summed E-state index contributed by atoms with van der Waals surface area (Å²) in [5.41, 5.74) is 0.703. The fraction of sp³-hybridized carbons (Fsp3) is 0.385. The average molecular weight is 217 g/mol. The summed E-state index contributed by atoms with van der Waals surface area (Å²) < 4.78 is 0. The summed E-state index contributed by atoms with van der Waals surface area (Å²) >= 11 is 0. The number of likely N-dealkylation sites (tertiary alicyclic amines) is 1. The van der Waals surface area contributed by atoms with Gasteiger partial charge in [-0.05, 0) is 25.0 Å². The van der Waals surface area contributed by atoms with Crippen LogP contribution in [0.5, 0.6) is 0 Å². The van der Waals surface area contributed by atoms with Crippen molar-refractivity contribution < 1.29 is 9.59 Å². The van der Waals surface area contributed by atoms with Gasteiger partial charge in [0.05, 0.1) is 0 Å². The van der Waals surface area contributed by atoms with E-state index >= 15 is 0 Å². The first-order valence-corrected chi connectivity index (χ1v) is 5.61. The number of benzene rings is 1. The van der Waals surface area contributed by atoms with Gasteiger partial charge in [0.2, 0.25) is 0 Å². The molecule has 0 aromatic heterocycles. The van der Waals surface area contributed by atoms with Gasteiger partial charge in [-0.3, -0.25) is 4.79 Å². The number of piperidine rings is 1. The van der Waals surface area contributed by atoms with Gasteiger partial charge in [0.1, 0.15) is 6.29 Å². The molecule has 1 fully saturated rings. The van der Waals surface area contributed by atoms with Crippen LogP contribution in [0.2, 0.25) is 0 Å². The number of carbonyl (C=O) groups excluding carboxylic acids is 2. The smallest absolute Gasteiger partial charge is 0.253 e. The van der Waals surface area contributed by atoms with Crippen LogP contribution < -0.4 is 0 Å². The topological polar surface area (TPSA) is 37.4 Å². The number of amides is 1. The summed E-state index contributed by atoms with van der Waals surface area (Å²) in [6.45, 7) is 1.33. The maximum absolute atomic E-state index is 12.1. The molecule has 1 heterocycles. The highest BCUT2D eigenvalue weighted by atomic mass is 16.2. The Kier molecular flexibility index (Phi) is 3.34. The maximum atomic E-state index is 12.1. The molecule has 84 valence electrons. The lowest BCUT2D eigenvalue weighted by Gasteiger charge is -2.30. The molecule has 1 aromatic carbocycles. The number of carbonyl (C=O) groups is 2. The summed E-state index contributed by atoms with van der Waals surface area (Å²) in [4.78, 5) is 24.6. The molecule has 1 amide bonds. The van der Waals surface area contributed by atoms with Crippen LogP contribution in [0, 0.1) is 5.92 Å². The summed E-state index contributed by atoms with van der Waals surface area (Å²) in [5, 5.41) is 0. The number of nitrogens with zero attached hydrogens (tertiary/aromatic N) is 1. The largest absolute Gasteiger partial charge is 0.338 e. The van der Waals surface area contributed by atoms with Crippen molar-refractivity contribution >= 4 is 12.2 Å². The summed E-state index contributed by atoms with van der Waals surface area (Å²) in [7, 11) is 0. The normalized spacial score (nSPS) is 20.5. The lowest BCUT2D eigenvalue weighted by molar-refractivity contribution is -0.112. The van der Waals surface area contributed by atoms with Gasteiger partial charge in [-0.2, -0.15) is 0 Å². The van der Waals surface area contributed by atoms with Crippen LogP contribution in [0.15, 0.2) is 30.3 Å². The molecule has 1 unspecified atom stereocenters. The fourth-order valence-electron chi connectivity index (χ4n) is 2.07. The van der Waals surface area contributed by atoms with E-state index in [4.69, 9.17) is 0 Å². The molecule has 2 rings (SSSR count). The second-order valence-corrected chi connectivity index (χ2v) is 4.16. The SMILES string of the molecule is O=CC1CCCN(C(=O)c2ccccc2)C1. The molecule has 1 aliphatic rings. The second kappa shape index (κ2) is 4.92. The average Bonchev–Trinajstić information content (AvgIpc) is 2.39. The highest BCUT2D eigenvalue weighted by Gasteiger charge is 2.23. The molecule has 3 nitrogen and oxygen atoms in total. The van der Waals surface area contributed by atoms with Crippen molar-refractivity contribution in [1.82, 2.24) is 4.90 Å². The van der Waals surface area contributed by atoms with E-state index in [0.29, 0.717) is 12.1 Å². The van der Waals surface area contributed by atoms with E-state index in [1.165, 1.54) is 0 Å². The van der Waals surface area contributed by atoms with Gasteiger partial charge in [0.25, 0.3) is 5.91 Å². The molecule has 16 heavy (non-hydrogen) atoms. The molecule has 1 aliphatic heterocycles. The zero-order valence-corrected chi connectivity index (χ0v) is 9.13. The zero-order chi connectivity index (χ0) is 11.4. The third kappa shape index (κ3) is 2.30. The van der Waals surface area contributed by atoms with E-state index in [-0.39, 0.29) is 11.8 Å². The Morgan fingerprint density at radius 3 is 2.75 bits per heavy atom. The van der Waals surface area contributed by atoms with E-state index < -0.39 is 0 Å². The van der Waals surface area contributed by atoms with Gasteiger partial charge in [0.15, 0.2) is 0 Å². The quantitative estimate of drug-likeness (QED) is 0.707. The Bertz CT molecular complexity index is 375. The van der Waals surface area contributed by atoms with Gasteiger partial charge < -0.3 is 9.69 Å². The highest BCUT2D eigenvalue weighted by Crippen LogP contribution is 2.16. The third-order valence-electron chi connectivity index (χ3n) is 2.96. The van der Waals surface area contributed by atoms with Crippen molar-refractivity contribution in [1.29, 1.82) is 0 Å². The molecule has 1 saturated heterocycles. The highest BCUT2D eigenvalue weighted by molar-refractivity contribution is 5.94. The number of aldehydes is 1. The van der Waals surface area contributed by atoms with E-state index in [1.807, 2.05) is 30.3 Å². The predicted molar refractivity (Wildman–Crippen MR) is 61.1 cm³/mol. The molecule has 3 heteroatoms. The van der Waals surface area contributed by atoms with Gasteiger partial charge in [-0.25, -0.2) is 0 Å². The predicted octanol–water partition coefficient (Wildman–Crippen LogP) is 1.74. The Balaban J connectivity index is 2.07. The lowest BCUT2D eigenvalue weighted by atomic mass is 9.99. The minimum Gasteiger partial charge on any atom is -0.338 e. The van der Waals surface area contributed by atoms with Crippen molar-refractivity contribution in [3.8, 4) is 0 Å². The minimum atomic E-state index is 0.0152. The van der Waals surface area contributed by atoms with Crippen LogP contribution in [-0.2, 0) is 4.79 Å². The van der Waals surface area contributed by atoms with Crippen LogP contribution in [0.4, 0.5) is 0 Å². The standard InChI is InChI=1S/C13H15NO2/c15-10-11-5-4-8-14(9-11)13(16)12-6-2-1-3-7-12/h1-3,6-7,10-11H,4-5,8-9H2. The first kappa shape index (κ1) is 10.9. The molecule has 1 atom stereocenters. The van der Waals surface area contributed by atoms with Crippen molar-refractivity contribution in [2.45, 2.75) is 12.8 Å². The van der Waals surface area contributed by atoms with E-state index in [2.05, 4.69) is 0 Å². The van der Waals surface area contributed by atoms with Gasteiger partial charge in [-0.1, -0.05) is 18.2 Å². The van der Waals surface area contributed by atoms with Crippen molar-refractivity contribution in [3.05, 3.63) is 35.9 Å². The third-order valence-corrected chi connectivity index (χ3v) is 2.96. The van der Waals surface area contributed by atoms with E-state index in [0.717, 1.165) is 25.7 Å². The molecule has 0 N–H and O–H groups in total. The van der Waals surface area contributed by atoms with Crippen molar-refractivity contribution in [3.63, 3.8) is 0 Å². The summed E-state index contributed by atoms with van der Waals surface area (Å²) in [6, 6.07) is 9.23. The number of hydrogen-bond acceptors (Lipinski definition) is 2. The second-order valence-electron chi connectivity index (χ2n) is 4.16.